The van der Waals surface area contributed by atoms with Crippen LogP contribution in [0.1, 0.15) is 11.1 Å². The largest absolute Gasteiger partial charge is 0.311 e. The third kappa shape index (κ3) is 2.48. The highest BCUT2D eigenvalue weighted by Crippen LogP contribution is 2.06. The molecule has 0 atom stereocenters. The van der Waals surface area contributed by atoms with E-state index >= 15 is 0 Å². The second-order valence-electron chi connectivity index (χ2n) is 2.07. The summed E-state index contributed by atoms with van der Waals surface area (Å²) in [6.07, 6.45) is 0. The van der Waals surface area contributed by atoms with E-state index in [1.54, 1.807) is 6.07 Å². The van der Waals surface area contributed by atoms with Gasteiger partial charge in [0.2, 0.25) is 0 Å². The van der Waals surface area contributed by atoms with Crippen molar-refractivity contribution in [2.24, 2.45) is 0 Å². The summed E-state index contributed by atoms with van der Waals surface area (Å²) >= 11 is 1.83. The zero-order valence-electron chi connectivity index (χ0n) is 5.75. The van der Waals surface area contributed by atoms with Gasteiger partial charge in [0.1, 0.15) is 23.0 Å². The predicted octanol–water partition coefficient (Wildman–Crippen LogP) is 2.42. The third-order valence-electron chi connectivity index (χ3n) is 1.28. The van der Waals surface area contributed by atoms with E-state index in [1.807, 2.05) is 41.2 Å². The molecule has 0 saturated carbocycles. The number of halogens is 1. The lowest BCUT2D eigenvalue weighted by Crippen LogP contribution is -1.83. The van der Waals surface area contributed by atoms with Crippen LogP contribution in [0.2, 0.25) is 0 Å². The zero-order valence-corrected chi connectivity index (χ0v) is 7.91. The van der Waals surface area contributed by atoms with Crippen LogP contribution in [0.5, 0.6) is 0 Å². The van der Waals surface area contributed by atoms with E-state index in [1.165, 1.54) is 0 Å². The van der Waals surface area contributed by atoms with Crippen LogP contribution >= 0.6 is 23.0 Å². The first-order valence-corrected chi connectivity index (χ1v) is 3.97. The van der Waals surface area contributed by atoms with Crippen molar-refractivity contribution >= 4 is 23.0 Å². The Labute approximate surface area is 79.5 Å². The van der Waals surface area contributed by atoms with Gasteiger partial charge in [-0.15, -0.1) is 0 Å². The summed E-state index contributed by atoms with van der Waals surface area (Å²) in [7, 11) is 0. The fourth-order valence-corrected chi connectivity index (χ4v) is 1.15. The van der Waals surface area contributed by atoms with Gasteiger partial charge in [-0.25, -0.2) is 0 Å². The first kappa shape index (κ1) is 8.50. The van der Waals surface area contributed by atoms with Gasteiger partial charge in [-0.3, -0.25) is 0 Å². The van der Waals surface area contributed by atoms with Gasteiger partial charge in [0.05, 0.1) is 18.2 Å². The van der Waals surface area contributed by atoms with Crippen LogP contribution in [0, 0.1) is 11.3 Å². The minimum Gasteiger partial charge on any atom is -0.311 e. The monoisotopic (exact) mass is 259 g/mol. The highest BCUT2D eigenvalue weighted by molar-refractivity contribution is 14.1. The van der Waals surface area contributed by atoms with Crippen LogP contribution in [-0.4, -0.2) is 0 Å². The molecule has 0 aromatic heterocycles. The SMILES string of the molecule is N#Cc1cccc(COI)c1. The Hall–Kier alpha value is -0.600. The normalized spacial score (nSPS) is 9.09. The molecule has 11 heavy (non-hydrogen) atoms. The van der Waals surface area contributed by atoms with Gasteiger partial charge in [0, 0.05) is 0 Å². The van der Waals surface area contributed by atoms with Crippen molar-refractivity contribution in [3.05, 3.63) is 35.4 Å². The Morgan fingerprint density at radius 3 is 3.00 bits per heavy atom. The highest BCUT2D eigenvalue weighted by atomic mass is 127. The van der Waals surface area contributed by atoms with Crippen LogP contribution in [0.4, 0.5) is 0 Å². The molecule has 2 nitrogen and oxygen atoms in total. The molecular formula is C8H6INO. The van der Waals surface area contributed by atoms with Crippen LogP contribution in [0.15, 0.2) is 24.3 Å². The summed E-state index contributed by atoms with van der Waals surface area (Å²) in [6, 6.07) is 9.44. The average molecular weight is 259 g/mol. The molecule has 0 aliphatic heterocycles. The van der Waals surface area contributed by atoms with Crippen LogP contribution < -0.4 is 0 Å². The maximum absolute atomic E-state index is 8.54. The second-order valence-corrected chi connectivity index (χ2v) is 2.69. The molecule has 1 aromatic carbocycles. The number of hydrogen-bond acceptors (Lipinski definition) is 2. The number of nitrogens with zero attached hydrogens (tertiary/aromatic N) is 1. The number of benzene rings is 1. The molecule has 0 N–H and O–H groups in total. The molecule has 0 heterocycles. The van der Waals surface area contributed by atoms with E-state index in [0.717, 1.165) is 5.56 Å². The van der Waals surface area contributed by atoms with Crippen molar-refractivity contribution in [2.45, 2.75) is 6.61 Å². The van der Waals surface area contributed by atoms with Gasteiger partial charge in [0.15, 0.2) is 0 Å². The maximum atomic E-state index is 8.54. The van der Waals surface area contributed by atoms with Gasteiger partial charge in [-0.1, -0.05) is 12.1 Å². The summed E-state index contributed by atoms with van der Waals surface area (Å²) in [5.41, 5.74) is 1.70. The van der Waals surface area contributed by atoms with Crippen molar-refractivity contribution in [1.29, 1.82) is 5.26 Å². The summed E-state index contributed by atoms with van der Waals surface area (Å²) in [5, 5.41) is 8.54. The maximum Gasteiger partial charge on any atom is 0.110 e. The average Bonchev–Trinajstić information content (AvgIpc) is 2.06. The molecule has 0 aliphatic carbocycles. The van der Waals surface area contributed by atoms with Crippen molar-refractivity contribution < 1.29 is 3.07 Å². The van der Waals surface area contributed by atoms with Gasteiger partial charge in [-0.2, -0.15) is 5.26 Å². The molecule has 1 rings (SSSR count). The molecule has 0 bridgehead atoms. The van der Waals surface area contributed by atoms with E-state index in [2.05, 4.69) is 6.07 Å². The summed E-state index contributed by atoms with van der Waals surface area (Å²) in [4.78, 5) is 0. The summed E-state index contributed by atoms with van der Waals surface area (Å²) < 4.78 is 4.89. The molecular weight excluding hydrogens is 253 g/mol. The van der Waals surface area contributed by atoms with Crippen molar-refractivity contribution in [2.75, 3.05) is 0 Å². The fourth-order valence-electron chi connectivity index (χ4n) is 0.794. The van der Waals surface area contributed by atoms with Gasteiger partial charge in [-0.05, 0) is 17.7 Å². The van der Waals surface area contributed by atoms with E-state index in [0.29, 0.717) is 12.2 Å². The van der Waals surface area contributed by atoms with Crippen LogP contribution in [-0.2, 0) is 9.67 Å². The molecule has 3 heteroatoms. The second kappa shape index (κ2) is 4.31. The predicted molar refractivity (Wildman–Crippen MR) is 50.0 cm³/mol. The Bertz CT molecular complexity index is 280. The summed E-state index contributed by atoms with van der Waals surface area (Å²) in [6.45, 7) is 0.552. The smallest absolute Gasteiger partial charge is 0.110 e. The first-order chi connectivity index (χ1) is 5.36. The van der Waals surface area contributed by atoms with E-state index in [4.69, 9.17) is 8.33 Å². The number of nitriles is 1. The Kier molecular flexibility index (Phi) is 3.33. The van der Waals surface area contributed by atoms with E-state index in [-0.39, 0.29) is 0 Å². The zero-order chi connectivity index (χ0) is 8.10. The lowest BCUT2D eigenvalue weighted by Gasteiger charge is -1.96. The van der Waals surface area contributed by atoms with Crippen molar-refractivity contribution in [3.8, 4) is 6.07 Å². The molecule has 0 fully saturated rings. The van der Waals surface area contributed by atoms with Crippen LogP contribution in [0.3, 0.4) is 0 Å². The lowest BCUT2D eigenvalue weighted by atomic mass is 10.1. The van der Waals surface area contributed by atoms with Gasteiger partial charge < -0.3 is 3.07 Å². The molecule has 0 radical (unpaired) electrons. The lowest BCUT2D eigenvalue weighted by molar-refractivity contribution is 0.418. The standard InChI is InChI=1S/C8H6INO/c9-11-6-8-3-1-2-7(4-8)5-10/h1-4H,6H2. The molecule has 0 aliphatic rings. The van der Waals surface area contributed by atoms with Crippen molar-refractivity contribution in [3.63, 3.8) is 0 Å². The number of rotatable bonds is 2. The Morgan fingerprint density at radius 2 is 2.36 bits per heavy atom. The van der Waals surface area contributed by atoms with Crippen LogP contribution in [0.25, 0.3) is 0 Å². The summed E-state index contributed by atoms with van der Waals surface area (Å²) in [5.74, 6) is 0. The van der Waals surface area contributed by atoms with Gasteiger partial charge >= 0.3 is 0 Å². The fraction of sp³-hybridized carbons (Fsp3) is 0.125. The van der Waals surface area contributed by atoms with E-state index < -0.39 is 0 Å². The Morgan fingerprint density at radius 1 is 1.55 bits per heavy atom. The number of hydrogen-bond donors (Lipinski definition) is 0. The molecule has 0 spiro atoms. The molecule has 0 saturated heterocycles. The first-order valence-electron chi connectivity index (χ1n) is 3.09. The molecule has 0 unspecified atom stereocenters. The molecule has 1 aromatic rings. The molecule has 0 amide bonds. The van der Waals surface area contributed by atoms with Crippen molar-refractivity contribution in [1.82, 2.24) is 0 Å². The third-order valence-corrected chi connectivity index (χ3v) is 1.59. The topological polar surface area (TPSA) is 33.0 Å². The van der Waals surface area contributed by atoms with E-state index in [9.17, 15) is 0 Å². The highest BCUT2D eigenvalue weighted by Gasteiger charge is 1.93. The van der Waals surface area contributed by atoms with Gasteiger partial charge in [0.25, 0.3) is 0 Å². The molecule has 56 valence electrons. The minimum absolute atomic E-state index is 0.552. The quantitative estimate of drug-likeness (QED) is 0.764. The Balaban J connectivity index is 2.85. The minimum atomic E-state index is 0.552.